The van der Waals surface area contributed by atoms with Crippen LogP contribution in [0.4, 0.5) is 0 Å². The van der Waals surface area contributed by atoms with Crippen LogP contribution >= 0.6 is 0 Å². The minimum atomic E-state index is 0.598. The molecule has 1 unspecified atom stereocenters. The number of nitrogens with zero attached hydrogens (tertiary/aromatic N) is 3. The molecule has 0 amide bonds. The fourth-order valence-corrected chi connectivity index (χ4v) is 4.25. The van der Waals surface area contributed by atoms with Crippen LogP contribution in [-0.4, -0.2) is 54.9 Å². The summed E-state index contributed by atoms with van der Waals surface area (Å²) in [5.41, 5.74) is 6.05. The number of benzene rings is 1. The molecule has 23 heavy (non-hydrogen) atoms. The summed E-state index contributed by atoms with van der Waals surface area (Å²) in [5.74, 6) is 1.29. The molecule has 0 saturated carbocycles. The largest absolute Gasteiger partial charge is 0.351 e. The van der Waals surface area contributed by atoms with Gasteiger partial charge in [0.1, 0.15) is 5.84 Å². The first-order valence-corrected chi connectivity index (χ1v) is 9.08. The third kappa shape index (κ3) is 2.61. The van der Waals surface area contributed by atoms with E-state index < -0.39 is 0 Å². The SMILES string of the molecule is CCC1CN=C2C(=C3CCN(C)CC3)c3ccccc3CCN21. The second kappa shape index (κ2) is 6.12. The Hall–Kier alpha value is -1.61. The Balaban J connectivity index is 1.83. The average Bonchev–Trinajstić information content (AvgIpc) is 2.91. The lowest BCUT2D eigenvalue weighted by Crippen LogP contribution is -2.37. The van der Waals surface area contributed by atoms with Crippen molar-refractivity contribution in [3.63, 3.8) is 0 Å². The van der Waals surface area contributed by atoms with Gasteiger partial charge >= 0.3 is 0 Å². The van der Waals surface area contributed by atoms with Crippen molar-refractivity contribution in [2.75, 3.05) is 33.2 Å². The van der Waals surface area contributed by atoms with Gasteiger partial charge in [0.15, 0.2) is 0 Å². The summed E-state index contributed by atoms with van der Waals surface area (Å²) in [6.45, 7) is 6.73. The van der Waals surface area contributed by atoms with Crippen molar-refractivity contribution in [1.29, 1.82) is 0 Å². The third-order valence-electron chi connectivity index (χ3n) is 5.71. The fraction of sp³-hybridized carbons (Fsp3) is 0.550. The minimum Gasteiger partial charge on any atom is -0.351 e. The predicted octanol–water partition coefficient (Wildman–Crippen LogP) is 3.21. The Morgan fingerprint density at radius 2 is 1.87 bits per heavy atom. The molecular formula is C20H27N3. The van der Waals surface area contributed by atoms with Gasteiger partial charge in [-0.3, -0.25) is 4.99 Å². The number of fused-ring (bicyclic) bond motifs is 2. The first kappa shape index (κ1) is 14.9. The van der Waals surface area contributed by atoms with Crippen LogP contribution in [0.15, 0.2) is 34.8 Å². The second-order valence-electron chi connectivity index (χ2n) is 7.11. The standard InChI is InChI=1S/C20H27N3/c1-3-17-14-21-20-19(16-8-11-22(2)12-9-16)18-7-5-4-6-15(18)10-13-23(17)20/h4-7,17H,3,8-14H2,1-2H3. The smallest absolute Gasteiger partial charge is 0.131 e. The average molecular weight is 309 g/mol. The van der Waals surface area contributed by atoms with E-state index in [1.807, 2.05) is 0 Å². The summed E-state index contributed by atoms with van der Waals surface area (Å²) >= 11 is 0. The van der Waals surface area contributed by atoms with Gasteiger partial charge in [0.05, 0.1) is 6.54 Å². The number of hydrogen-bond donors (Lipinski definition) is 0. The minimum absolute atomic E-state index is 0.598. The van der Waals surface area contributed by atoms with E-state index in [1.165, 1.54) is 54.9 Å². The zero-order valence-corrected chi connectivity index (χ0v) is 14.4. The molecule has 0 bridgehead atoms. The van der Waals surface area contributed by atoms with E-state index in [-0.39, 0.29) is 0 Å². The molecule has 1 aromatic carbocycles. The van der Waals surface area contributed by atoms with Gasteiger partial charge in [-0.25, -0.2) is 0 Å². The number of rotatable bonds is 1. The molecule has 3 heterocycles. The van der Waals surface area contributed by atoms with Crippen LogP contribution in [0.1, 0.15) is 37.3 Å². The van der Waals surface area contributed by atoms with Gasteiger partial charge in [-0.05, 0) is 43.9 Å². The molecule has 0 spiro atoms. The van der Waals surface area contributed by atoms with Crippen molar-refractivity contribution in [3.05, 3.63) is 41.0 Å². The van der Waals surface area contributed by atoms with Crippen molar-refractivity contribution in [2.45, 2.75) is 38.6 Å². The van der Waals surface area contributed by atoms with Crippen molar-refractivity contribution >= 4 is 11.4 Å². The van der Waals surface area contributed by atoms with Crippen molar-refractivity contribution in [2.24, 2.45) is 4.99 Å². The first-order valence-electron chi connectivity index (χ1n) is 9.08. The van der Waals surface area contributed by atoms with Crippen LogP contribution in [0.25, 0.3) is 5.57 Å². The Morgan fingerprint density at radius 3 is 2.65 bits per heavy atom. The molecule has 0 radical (unpaired) electrons. The number of amidine groups is 1. The molecule has 3 aliphatic rings. The van der Waals surface area contributed by atoms with Gasteiger partial charge in [0, 0.05) is 31.2 Å². The van der Waals surface area contributed by atoms with Gasteiger partial charge in [0.25, 0.3) is 0 Å². The van der Waals surface area contributed by atoms with Crippen molar-refractivity contribution in [3.8, 4) is 0 Å². The summed E-state index contributed by atoms with van der Waals surface area (Å²) in [6.07, 6.45) is 4.70. The van der Waals surface area contributed by atoms with Gasteiger partial charge in [-0.1, -0.05) is 36.8 Å². The maximum absolute atomic E-state index is 5.02. The van der Waals surface area contributed by atoms with E-state index in [4.69, 9.17) is 4.99 Å². The summed E-state index contributed by atoms with van der Waals surface area (Å²) < 4.78 is 0. The van der Waals surface area contributed by atoms with Crippen LogP contribution in [0.3, 0.4) is 0 Å². The summed E-state index contributed by atoms with van der Waals surface area (Å²) in [4.78, 5) is 10.1. The van der Waals surface area contributed by atoms with E-state index in [9.17, 15) is 0 Å². The highest BCUT2D eigenvalue weighted by atomic mass is 15.3. The van der Waals surface area contributed by atoms with E-state index in [0.717, 1.165) is 19.5 Å². The Morgan fingerprint density at radius 1 is 1.09 bits per heavy atom. The Kier molecular flexibility index (Phi) is 3.98. The monoisotopic (exact) mass is 309 g/mol. The zero-order valence-electron chi connectivity index (χ0n) is 14.4. The van der Waals surface area contributed by atoms with Crippen LogP contribution in [-0.2, 0) is 6.42 Å². The lowest BCUT2D eigenvalue weighted by molar-refractivity contribution is 0.312. The predicted molar refractivity (Wildman–Crippen MR) is 96.9 cm³/mol. The zero-order chi connectivity index (χ0) is 15.8. The van der Waals surface area contributed by atoms with Crippen molar-refractivity contribution < 1.29 is 0 Å². The molecular weight excluding hydrogens is 282 g/mol. The van der Waals surface area contributed by atoms with Gasteiger partial charge in [-0.15, -0.1) is 0 Å². The first-order chi connectivity index (χ1) is 11.3. The fourth-order valence-electron chi connectivity index (χ4n) is 4.25. The maximum Gasteiger partial charge on any atom is 0.131 e. The highest BCUT2D eigenvalue weighted by Gasteiger charge is 2.33. The van der Waals surface area contributed by atoms with Crippen LogP contribution in [0.5, 0.6) is 0 Å². The van der Waals surface area contributed by atoms with E-state index >= 15 is 0 Å². The topological polar surface area (TPSA) is 18.8 Å². The van der Waals surface area contributed by atoms with Crippen LogP contribution < -0.4 is 0 Å². The van der Waals surface area contributed by atoms with Crippen LogP contribution in [0.2, 0.25) is 0 Å². The number of aliphatic imine (C=N–C) groups is 1. The third-order valence-corrected chi connectivity index (χ3v) is 5.71. The van der Waals surface area contributed by atoms with E-state index in [2.05, 4.69) is 48.0 Å². The number of hydrogen-bond acceptors (Lipinski definition) is 3. The van der Waals surface area contributed by atoms with Gasteiger partial charge < -0.3 is 9.80 Å². The molecule has 0 aromatic heterocycles. The molecule has 1 fully saturated rings. The van der Waals surface area contributed by atoms with E-state index in [1.54, 1.807) is 5.57 Å². The van der Waals surface area contributed by atoms with Crippen molar-refractivity contribution in [1.82, 2.24) is 9.80 Å². The highest BCUT2D eigenvalue weighted by molar-refractivity contribution is 6.24. The quantitative estimate of drug-likeness (QED) is 0.793. The Bertz CT molecular complexity index is 649. The highest BCUT2D eigenvalue weighted by Crippen LogP contribution is 2.36. The summed E-state index contributed by atoms with van der Waals surface area (Å²) in [7, 11) is 2.23. The lowest BCUT2D eigenvalue weighted by Gasteiger charge is -2.30. The van der Waals surface area contributed by atoms with E-state index in [0.29, 0.717) is 6.04 Å². The maximum atomic E-state index is 5.02. The lowest BCUT2D eigenvalue weighted by atomic mass is 9.90. The molecule has 1 saturated heterocycles. The summed E-state index contributed by atoms with van der Waals surface area (Å²) in [5, 5.41) is 0. The van der Waals surface area contributed by atoms with Gasteiger partial charge in [-0.2, -0.15) is 0 Å². The molecule has 1 aromatic rings. The molecule has 3 heteroatoms. The molecule has 122 valence electrons. The molecule has 1 atom stereocenters. The summed E-state index contributed by atoms with van der Waals surface area (Å²) in [6, 6.07) is 9.61. The molecule has 0 N–H and O–H groups in total. The molecule has 4 rings (SSSR count). The molecule has 3 nitrogen and oxygen atoms in total. The van der Waals surface area contributed by atoms with Gasteiger partial charge in [0.2, 0.25) is 0 Å². The molecule has 0 aliphatic carbocycles. The molecule has 3 aliphatic heterocycles. The second-order valence-corrected chi connectivity index (χ2v) is 7.11. The van der Waals surface area contributed by atoms with Crippen LogP contribution in [0, 0.1) is 0 Å². The number of piperidine rings is 1. The Labute approximate surface area is 139 Å². The normalized spacial score (nSPS) is 25.0. The number of likely N-dealkylation sites (tertiary alicyclic amines) is 1.